The lowest BCUT2D eigenvalue weighted by atomic mass is 9.96. The second kappa shape index (κ2) is 6.28. The molecule has 2 aromatic rings. The number of methoxy groups -OCH3 is 1. The van der Waals surface area contributed by atoms with Crippen molar-refractivity contribution < 1.29 is 9.47 Å². The minimum Gasteiger partial charge on any atom is -0.496 e. The van der Waals surface area contributed by atoms with Crippen molar-refractivity contribution in [2.45, 2.75) is 26.0 Å². The van der Waals surface area contributed by atoms with Gasteiger partial charge in [-0.3, -0.25) is 0 Å². The van der Waals surface area contributed by atoms with Crippen LogP contribution in [0.4, 0.5) is 0 Å². The highest BCUT2D eigenvalue weighted by atomic mass is 16.5. The Labute approximate surface area is 124 Å². The molecular weight excluding hydrogens is 266 g/mol. The van der Waals surface area contributed by atoms with Crippen LogP contribution in [0, 0.1) is 0 Å². The predicted octanol–water partition coefficient (Wildman–Crippen LogP) is 2.19. The van der Waals surface area contributed by atoms with Gasteiger partial charge in [-0.25, -0.2) is 4.98 Å². The molecular formula is C16H21N3O2. The van der Waals surface area contributed by atoms with Crippen molar-refractivity contribution in [3.63, 3.8) is 0 Å². The first-order valence-corrected chi connectivity index (χ1v) is 7.33. The van der Waals surface area contributed by atoms with Crippen LogP contribution < -0.4 is 10.1 Å². The maximum Gasteiger partial charge on any atom is 0.124 e. The van der Waals surface area contributed by atoms with Gasteiger partial charge in [0, 0.05) is 30.8 Å². The van der Waals surface area contributed by atoms with E-state index in [9.17, 15) is 0 Å². The summed E-state index contributed by atoms with van der Waals surface area (Å²) in [6.07, 6.45) is 2.77. The fraction of sp³-hybridized carbons (Fsp3) is 0.438. The second-order valence-corrected chi connectivity index (χ2v) is 5.11. The van der Waals surface area contributed by atoms with Crippen LogP contribution in [0.2, 0.25) is 0 Å². The van der Waals surface area contributed by atoms with E-state index in [0.29, 0.717) is 13.2 Å². The zero-order valence-electron chi connectivity index (χ0n) is 12.5. The van der Waals surface area contributed by atoms with Crippen molar-refractivity contribution in [2.75, 3.05) is 20.3 Å². The van der Waals surface area contributed by atoms with Gasteiger partial charge in [0.1, 0.15) is 5.75 Å². The van der Waals surface area contributed by atoms with Crippen molar-refractivity contribution in [1.82, 2.24) is 15.3 Å². The molecule has 5 nitrogen and oxygen atoms in total. The summed E-state index contributed by atoms with van der Waals surface area (Å²) in [5.74, 6) is 0.866. The van der Waals surface area contributed by atoms with E-state index in [1.807, 2.05) is 13.0 Å². The molecule has 1 aromatic heterocycles. The molecule has 0 saturated heterocycles. The number of imidazole rings is 1. The van der Waals surface area contributed by atoms with Crippen LogP contribution in [0.3, 0.4) is 0 Å². The zero-order valence-corrected chi connectivity index (χ0v) is 12.5. The summed E-state index contributed by atoms with van der Waals surface area (Å²) in [7, 11) is 1.69. The molecule has 112 valence electrons. The van der Waals surface area contributed by atoms with Crippen LogP contribution in [0.5, 0.6) is 5.75 Å². The molecule has 3 rings (SSSR count). The van der Waals surface area contributed by atoms with Gasteiger partial charge in [-0.1, -0.05) is 6.07 Å². The van der Waals surface area contributed by atoms with Crippen LogP contribution in [-0.4, -0.2) is 30.2 Å². The maximum absolute atomic E-state index is 5.54. The van der Waals surface area contributed by atoms with Gasteiger partial charge in [0.05, 0.1) is 31.8 Å². The van der Waals surface area contributed by atoms with Gasteiger partial charge in [0.2, 0.25) is 0 Å². The summed E-state index contributed by atoms with van der Waals surface area (Å²) in [6, 6.07) is 6.38. The molecule has 1 aliphatic rings. The number of hydrogen-bond acceptors (Lipinski definition) is 4. The Kier molecular flexibility index (Phi) is 4.22. The number of aromatic nitrogens is 2. The van der Waals surface area contributed by atoms with Crippen LogP contribution >= 0.6 is 0 Å². The normalized spacial score (nSPS) is 17.5. The van der Waals surface area contributed by atoms with E-state index in [1.54, 1.807) is 13.4 Å². The molecule has 1 aromatic carbocycles. The zero-order chi connectivity index (χ0) is 14.7. The lowest BCUT2D eigenvalue weighted by Crippen LogP contribution is -2.30. The quantitative estimate of drug-likeness (QED) is 0.885. The lowest BCUT2D eigenvalue weighted by molar-refractivity contribution is 0.132. The van der Waals surface area contributed by atoms with Crippen molar-refractivity contribution in [2.24, 2.45) is 0 Å². The summed E-state index contributed by atoms with van der Waals surface area (Å²) in [6.45, 7) is 4.20. The maximum atomic E-state index is 5.54. The molecule has 21 heavy (non-hydrogen) atoms. The van der Waals surface area contributed by atoms with E-state index < -0.39 is 0 Å². The molecule has 0 aliphatic carbocycles. The first kappa shape index (κ1) is 14.1. The fourth-order valence-corrected chi connectivity index (χ4v) is 2.80. The fourth-order valence-electron chi connectivity index (χ4n) is 2.80. The standard InChI is InChI=1S/C16H21N3O2/c1-3-21-9-12-8-11(4-5-14(12)20-2)15-16-13(6-7-17-15)18-10-19-16/h4-5,8,10,15,17H,3,6-7,9H2,1-2H3,(H,18,19)/t15-/m1/s1. The molecule has 0 amide bonds. The average Bonchev–Trinajstić information content (AvgIpc) is 3.01. The molecule has 0 unspecified atom stereocenters. The van der Waals surface area contributed by atoms with Crippen LogP contribution in [-0.2, 0) is 17.8 Å². The SMILES string of the molecule is CCOCc1cc([C@H]2NCCc3[nH]cnc32)ccc1OC. The number of rotatable bonds is 5. The summed E-state index contributed by atoms with van der Waals surface area (Å²) in [5, 5.41) is 3.53. The van der Waals surface area contributed by atoms with E-state index in [2.05, 4.69) is 27.4 Å². The van der Waals surface area contributed by atoms with Crippen molar-refractivity contribution >= 4 is 0 Å². The Morgan fingerprint density at radius 3 is 3.10 bits per heavy atom. The number of fused-ring (bicyclic) bond motifs is 1. The monoisotopic (exact) mass is 287 g/mol. The Bertz CT molecular complexity index is 609. The number of ether oxygens (including phenoxy) is 2. The Morgan fingerprint density at radius 2 is 2.29 bits per heavy atom. The smallest absolute Gasteiger partial charge is 0.124 e. The third-order valence-corrected chi connectivity index (χ3v) is 3.85. The molecule has 2 heterocycles. The van der Waals surface area contributed by atoms with Crippen molar-refractivity contribution in [3.8, 4) is 5.75 Å². The summed E-state index contributed by atoms with van der Waals surface area (Å²) in [4.78, 5) is 7.70. The molecule has 0 fully saturated rings. The number of aromatic amines is 1. The molecule has 0 bridgehead atoms. The van der Waals surface area contributed by atoms with Crippen LogP contribution in [0.15, 0.2) is 24.5 Å². The van der Waals surface area contributed by atoms with E-state index >= 15 is 0 Å². The van der Waals surface area contributed by atoms with Crippen LogP contribution in [0.25, 0.3) is 0 Å². The average molecular weight is 287 g/mol. The largest absolute Gasteiger partial charge is 0.496 e. The van der Waals surface area contributed by atoms with Gasteiger partial charge in [-0.15, -0.1) is 0 Å². The number of benzene rings is 1. The molecule has 5 heteroatoms. The summed E-state index contributed by atoms with van der Waals surface area (Å²) >= 11 is 0. The number of nitrogens with zero attached hydrogens (tertiary/aromatic N) is 1. The minimum atomic E-state index is 0.131. The molecule has 0 saturated carbocycles. The lowest BCUT2D eigenvalue weighted by Gasteiger charge is -2.24. The molecule has 1 atom stereocenters. The van der Waals surface area contributed by atoms with Crippen molar-refractivity contribution in [1.29, 1.82) is 0 Å². The second-order valence-electron chi connectivity index (χ2n) is 5.11. The molecule has 2 N–H and O–H groups in total. The van der Waals surface area contributed by atoms with Gasteiger partial charge in [0.25, 0.3) is 0 Å². The highest BCUT2D eigenvalue weighted by molar-refractivity contribution is 5.41. The molecule has 0 radical (unpaired) electrons. The highest BCUT2D eigenvalue weighted by Gasteiger charge is 2.24. The Morgan fingerprint density at radius 1 is 1.38 bits per heavy atom. The van der Waals surface area contributed by atoms with Gasteiger partial charge >= 0.3 is 0 Å². The van der Waals surface area contributed by atoms with Gasteiger partial charge < -0.3 is 19.8 Å². The Balaban J connectivity index is 1.93. The summed E-state index contributed by atoms with van der Waals surface area (Å²) in [5.41, 5.74) is 4.58. The van der Waals surface area contributed by atoms with Gasteiger partial charge in [-0.05, 0) is 24.6 Å². The first-order valence-electron chi connectivity index (χ1n) is 7.33. The summed E-state index contributed by atoms with van der Waals surface area (Å²) < 4.78 is 11.0. The van der Waals surface area contributed by atoms with Gasteiger partial charge in [0.15, 0.2) is 0 Å². The predicted molar refractivity (Wildman–Crippen MR) is 80.5 cm³/mol. The molecule has 1 aliphatic heterocycles. The third kappa shape index (κ3) is 2.80. The highest BCUT2D eigenvalue weighted by Crippen LogP contribution is 2.30. The number of nitrogens with one attached hydrogen (secondary N) is 2. The minimum absolute atomic E-state index is 0.131. The van der Waals surface area contributed by atoms with Crippen molar-refractivity contribution in [3.05, 3.63) is 47.0 Å². The van der Waals surface area contributed by atoms with E-state index in [1.165, 1.54) is 11.3 Å². The van der Waals surface area contributed by atoms with E-state index in [4.69, 9.17) is 9.47 Å². The molecule has 0 spiro atoms. The third-order valence-electron chi connectivity index (χ3n) is 3.85. The van der Waals surface area contributed by atoms with E-state index in [-0.39, 0.29) is 6.04 Å². The number of hydrogen-bond donors (Lipinski definition) is 2. The first-order chi connectivity index (χ1) is 10.3. The topological polar surface area (TPSA) is 59.2 Å². The van der Waals surface area contributed by atoms with E-state index in [0.717, 1.165) is 30.0 Å². The number of H-pyrrole nitrogens is 1. The van der Waals surface area contributed by atoms with Gasteiger partial charge in [-0.2, -0.15) is 0 Å². The Hall–Kier alpha value is -1.85. The van der Waals surface area contributed by atoms with Crippen LogP contribution in [0.1, 0.15) is 35.5 Å².